The number of nitrogens with one attached hydrogen (secondary N) is 1. The van der Waals surface area contributed by atoms with E-state index in [1.165, 1.54) is 13.0 Å². The van der Waals surface area contributed by atoms with Gasteiger partial charge in [0.25, 0.3) is 6.43 Å². The molecular weight excluding hydrogens is 210 g/mol. The van der Waals surface area contributed by atoms with Crippen molar-refractivity contribution in [2.24, 2.45) is 0 Å². The third kappa shape index (κ3) is 3.20. The Labute approximate surface area is 85.1 Å². The highest BCUT2D eigenvalue weighted by Gasteiger charge is 2.16. The van der Waals surface area contributed by atoms with E-state index in [9.17, 15) is 17.6 Å². The molecule has 1 aromatic carbocycles. The van der Waals surface area contributed by atoms with Crippen molar-refractivity contribution in [2.45, 2.75) is 19.4 Å². The molecule has 15 heavy (non-hydrogen) atoms. The van der Waals surface area contributed by atoms with Gasteiger partial charge in [0.1, 0.15) is 11.6 Å². The highest BCUT2D eigenvalue weighted by atomic mass is 19.3. The quantitative estimate of drug-likeness (QED) is 0.771. The summed E-state index contributed by atoms with van der Waals surface area (Å²) in [7, 11) is 0. The van der Waals surface area contributed by atoms with Gasteiger partial charge < -0.3 is 5.32 Å². The molecule has 0 fully saturated rings. The zero-order valence-corrected chi connectivity index (χ0v) is 8.11. The van der Waals surface area contributed by atoms with E-state index in [1.54, 1.807) is 0 Å². The first-order chi connectivity index (χ1) is 7.02. The van der Waals surface area contributed by atoms with Crippen molar-refractivity contribution in [2.75, 3.05) is 6.54 Å². The minimum atomic E-state index is -2.54. The SMILES string of the molecule is CC(NCC(F)F)c1c(F)cccc1F. The molecule has 0 aliphatic carbocycles. The molecule has 0 saturated heterocycles. The summed E-state index contributed by atoms with van der Waals surface area (Å²) in [5.41, 5.74) is -0.210. The maximum Gasteiger partial charge on any atom is 0.250 e. The molecule has 0 amide bonds. The topological polar surface area (TPSA) is 12.0 Å². The van der Waals surface area contributed by atoms with Crippen molar-refractivity contribution in [1.29, 1.82) is 0 Å². The fourth-order valence-electron chi connectivity index (χ4n) is 1.29. The Balaban J connectivity index is 2.77. The van der Waals surface area contributed by atoms with Crippen molar-refractivity contribution < 1.29 is 17.6 Å². The van der Waals surface area contributed by atoms with Crippen molar-refractivity contribution >= 4 is 0 Å². The van der Waals surface area contributed by atoms with Crippen LogP contribution in [-0.4, -0.2) is 13.0 Å². The van der Waals surface area contributed by atoms with Crippen LogP contribution in [-0.2, 0) is 0 Å². The number of halogens is 4. The lowest BCUT2D eigenvalue weighted by Gasteiger charge is -2.15. The fourth-order valence-corrected chi connectivity index (χ4v) is 1.29. The maximum atomic E-state index is 13.2. The molecule has 1 atom stereocenters. The first kappa shape index (κ1) is 12.0. The summed E-state index contributed by atoms with van der Waals surface area (Å²) >= 11 is 0. The second-order valence-corrected chi connectivity index (χ2v) is 3.16. The first-order valence-electron chi connectivity index (χ1n) is 4.47. The van der Waals surface area contributed by atoms with E-state index in [-0.39, 0.29) is 5.56 Å². The van der Waals surface area contributed by atoms with E-state index in [4.69, 9.17) is 0 Å². The molecule has 0 radical (unpaired) electrons. The zero-order chi connectivity index (χ0) is 11.4. The largest absolute Gasteiger partial charge is 0.305 e. The summed E-state index contributed by atoms with van der Waals surface area (Å²) in [6.07, 6.45) is -2.54. The molecule has 0 aliphatic heterocycles. The molecule has 1 unspecified atom stereocenters. The van der Waals surface area contributed by atoms with Gasteiger partial charge in [-0.3, -0.25) is 0 Å². The van der Waals surface area contributed by atoms with Crippen LogP contribution in [0.5, 0.6) is 0 Å². The third-order valence-electron chi connectivity index (χ3n) is 2.01. The van der Waals surface area contributed by atoms with Gasteiger partial charge in [-0.25, -0.2) is 17.6 Å². The van der Waals surface area contributed by atoms with Crippen LogP contribution in [0.4, 0.5) is 17.6 Å². The van der Waals surface area contributed by atoms with Crippen molar-refractivity contribution in [1.82, 2.24) is 5.32 Å². The average Bonchev–Trinajstić information content (AvgIpc) is 2.14. The number of alkyl halides is 2. The van der Waals surface area contributed by atoms with E-state index in [2.05, 4.69) is 5.32 Å². The predicted octanol–water partition coefficient (Wildman–Crippen LogP) is 2.88. The van der Waals surface area contributed by atoms with Crippen LogP contribution in [0.3, 0.4) is 0 Å². The van der Waals surface area contributed by atoms with Crippen molar-refractivity contribution in [3.05, 3.63) is 35.4 Å². The predicted molar refractivity (Wildman–Crippen MR) is 48.8 cm³/mol. The van der Waals surface area contributed by atoms with Crippen LogP contribution in [0.25, 0.3) is 0 Å². The highest BCUT2D eigenvalue weighted by Crippen LogP contribution is 2.20. The lowest BCUT2D eigenvalue weighted by atomic mass is 10.1. The van der Waals surface area contributed by atoms with Crippen molar-refractivity contribution in [3.8, 4) is 0 Å². The fraction of sp³-hybridized carbons (Fsp3) is 0.400. The monoisotopic (exact) mass is 221 g/mol. The average molecular weight is 221 g/mol. The van der Waals surface area contributed by atoms with E-state index >= 15 is 0 Å². The molecule has 0 saturated carbocycles. The van der Waals surface area contributed by atoms with Crippen molar-refractivity contribution in [3.63, 3.8) is 0 Å². The van der Waals surface area contributed by atoms with Gasteiger partial charge in [-0.1, -0.05) is 6.07 Å². The Bertz CT molecular complexity index is 307. The Kier molecular flexibility index (Phi) is 4.08. The maximum absolute atomic E-state index is 13.2. The summed E-state index contributed by atoms with van der Waals surface area (Å²) in [6.45, 7) is 0.846. The summed E-state index contributed by atoms with van der Waals surface area (Å²) in [4.78, 5) is 0. The van der Waals surface area contributed by atoms with E-state index in [0.29, 0.717) is 0 Å². The summed E-state index contributed by atoms with van der Waals surface area (Å²) in [6, 6.07) is 2.64. The molecule has 1 aromatic rings. The molecule has 0 spiro atoms. The van der Waals surface area contributed by atoms with E-state index in [1.807, 2.05) is 0 Å². The number of hydrogen-bond donors (Lipinski definition) is 1. The van der Waals surface area contributed by atoms with Gasteiger partial charge in [0, 0.05) is 11.6 Å². The lowest BCUT2D eigenvalue weighted by Crippen LogP contribution is -2.26. The molecular formula is C10H11F4N. The molecule has 0 bridgehead atoms. The Morgan fingerprint density at radius 3 is 2.20 bits per heavy atom. The highest BCUT2D eigenvalue weighted by molar-refractivity contribution is 5.22. The summed E-state index contributed by atoms with van der Waals surface area (Å²) < 4.78 is 50.0. The summed E-state index contributed by atoms with van der Waals surface area (Å²) in [5.74, 6) is -1.46. The molecule has 1 N–H and O–H groups in total. The van der Waals surface area contributed by atoms with Gasteiger partial charge in [0.2, 0.25) is 0 Å². The zero-order valence-electron chi connectivity index (χ0n) is 8.11. The smallest absolute Gasteiger partial charge is 0.250 e. The van der Waals surface area contributed by atoms with Gasteiger partial charge >= 0.3 is 0 Å². The van der Waals surface area contributed by atoms with Crippen LogP contribution in [0.1, 0.15) is 18.5 Å². The Morgan fingerprint density at radius 1 is 1.20 bits per heavy atom. The van der Waals surface area contributed by atoms with Gasteiger partial charge in [0.05, 0.1) is 6.54 Å². The minimum absolute atomic E-state index is 0.210. The van der Waals surface area contributed by atoms with Crippen LogP contribution < -0.4 is 5.32 Å². The van der Waals surface area contributed by atoms with Crippen LogP contribution >= 0.6 is 0 Å². The third-order valence-corrected chi connectivity index (χ3v) is 2.01. The second-order valence-electron chi connectivity index (χ2n) is 3.16. The van der Waals surface area contributed by atoms with Crippen LogP contribution in [0.15, 0.2) is 18.2 Å². The Morgan fingerprint density at radius 2 is 1.73 bits per heavy atom. The molecule has 0 heterocycles. The Hall–Kier alpha value is -1.10. The normalized spacial score (nSPS) is 13.2. The van der Waals surface area contributed by atoms with E-state index < -0.39 is 30.6 Å². The minimum Gasteiger partial charge on any atom is -0.305 e. The molecule has 1 nitrogen and oxygen atoms in total. The van der Waals surface area contributed by atoms with Gasteiger partial charge in [-0.05, 0) is 19.1 Å². The molecule has 1 rings (SSSR count). The number of hydrogen-bond acceptors (Lipinski definition) is 1. The molecule has 0 aromatic heterocycles. The number of rotatable bonds is 4. The summed E-state index contributed by atoms with van der Waals surface area (Å²) in [5, 5.41) is 2.35. The van der Waals surface area contributed by atoms with Crippen LogP contribution in [0, 0.1) is 11.6 Å². The standard InChI is InChI=1S/C10H11F4N/c1-6(15-5-9(13)14)10-7(11)3-2-4-8(10)12/h2-4,6,9,15H,5H2,1H3. The molecule has 0 aliphatic rings. The van der Waals surface area contributed by atoms with Crippen LogP contribution in [0.2, 0.25) is 0 Å². The van der Waals surface area contributed by atoms with E-state index in [0.717, 1.165) is 12.1 Å². The van der Waals surface area contributed by atoms with Gasteiger partial charge in [0.15, 0.2) is 0 Å². The molecule has 5 heteroatoms. The second kappa shape index (κ2) is 5.11. The van der Waals surface area contributed by atoms with Gasteiger partial charge in [-0.15, -0.1) is 0 Å². The lowest BCUT2D eigenvalue weighted by molar-refractivity contribution is 0.141. The molecule has 84 valence electrons. The van der Waals surface area contributed by atoms with Gasteiger partial charge in [-0.2, -0.15) is 0 Å². The first-order valence-corrected chi connectivity index (χ1v) is 4.47. The number of benzene rings is 1.